The summed E-state index contributed by atoms with van der Waals surface area (Å²) in [6.45, 7) is 2.63. The van der Waals surface area contributed by atoms with Crippen molar-refractivity contribution in [3.05, 3.63) is 0 Å². The Kier molecular flexibility index (Phi) is 18.4. The highest BCUT2D eigenvalue weighted by molar-refractivity contribution is 8.12. The normalized spacial score (nSPS) is 6.30. The zero-order chi connectivity index (χ0) is 7.86. The van der Waals surface area contributed by atoms with Crippen molar-refractivity contribution in [2.45, 2.75) is 21.3 Å². The van der Waals surface area contributed by atoms with Gasteiger partial charge in [-0.2, -0.15) is 0 Å². The lowest BCUT2D eigenvalue weighted by molar-refractivity contribution is -0.134. The third-order valence-corrected chi connectivity index (χ3v) is 0.862. The summed E-state index contributed by atoms with van der Waals surface area (Å²) in [6, 6.07) is 0. The van der Waals surface area contributed by atoms with Gasteiger partial charge in [0.15, 0.2) is 5.12 Å². The first kappa shape index (κ1) is 16.2. The average Bonchev–Trinajstić information content (AvgIpc) is 1.65. The van der Waals surface area contributed by atoms with Crippen LogP contribution < -0.4 is 0 Å². The predicted octanol–water partition coefficient (Wildman–Crippen LogP) is 1.62. The summed E-state index contributed by atoms with van der Waals surface area (Å²) in [5.74, 6) is -0.833. The number of carboxylic acid groups (broad SMARTS) is 1. The molecule has 0 aliphatic heterocycles. The van der Waals surface area contributed by atoms with Gasteiger partial charge in [0, 0.05) is 13.8 Å². The number of thioether (sulfide) groups is 1. The van der Waals surface area contributed by atoms with Crippen LogP contribution in [0.4, 0.5) is 0 Å². The third kappa shape index (κ3) is 142. The van der Waals surface area contributed by atoms with Gasteiger partial charge in [-0.05, 0) is 6.26 Å². The van der Waals surface area contributed by atoms with Gasteiger partial charge in [0.05, 0.1) is 0 Å². The second-order valence-electron chi connectivity index (χ2n) is 1.21. The standard InChI is InChI=1S/C3H6OS.C2H4O2.CH4/c1-3(4)5-2;1-2(3)4;/h1-2H3;1H3,(H,3,4);1H4. The number of carbonyl (C=O) groups excluding carboxylic acids is 1. The highest BCUT2D eigenvalue weighted by Gasteiger charge is 1.77. The van der Waals surface area contributed by atoms with Crippen LogP contribution in [0, 0.1) is 0 Å². The lowest BCUT2D eigenvalue weighted by Crippen LogP contribution is -1.78. The SMILES string of the molecule is C.CC(=O)O.CSC(C)=O. The Morgan fingerprint density at radius 3 is 1.40 bits per heavy atom. The Morgan fingerprint density at radius 2 is 1.40 bits per heavy atom. The second kappa shape index (κ2) is 11.3. The van der Waals surface area contributed by atoms with Crippen LogP contribution in [-0.2, 0) is 9.59 Å². The van der Waals surface area contributed by atoms with Crippen molar-refractivity contribution >= 4 is 22.8 Å². The smallest absolute Gasteiger partial charge is 0.300 e. The van der Waals surface area contributed by atoms with E-state index in [1.54, 1.807) is 13.2 Å². The Labute approximate surface area is 65.8 Å². The molecule has 0 aromatic carbocycles. The van der Waals surface area contributed by atoms with Crippen LogP contribution in [0.15, 0.2) is 0 Å². The van der Waals surface area contributed by atoms with E-state index in [0.717, 1.165) is 6.92 Å². The minimum Gasteiger partial charge on any atom is -0.481 e. The monoisotopic (exact) mass is 166 g/mol. The van der Waals surface area contributed by atoms with E-state index in [0.29, 0.717) is 0 Å². The molecular formula is C6H14O3S. The molecule has 0 fully saturated rings. The molecule has 62 valence electrons. The zero-order valence-corrected chi connectivity index (χ0v) is 6.49. The summed E-state index contributed by atoms with van der Waals surface area (Å²) in [4.78, 5) is 18.8. The van der Waals surface area contributed by atoms with Crippen molar-refractivity contribution in [3.8, 4) is 0 Å². The summed E-state index contributed by atoms with van der Waals surface area (Å²) >= 11 is 1.24. The van der Waals surface area contributed by atoms with Crippen LogP contribution in [-0.4, -0.2) is 22.4 Å². The molecule has 0 saturated carbocycles. The molecule has 0 radical (unpaired) electrons. The molecule has 10 heavy (non-hydrogen) atoms. The third-order valence-electron chi connectivity index (χ3n) is 0.287. The minimum atomic E-state index is -0.833. The molecule has 0 unspecified atom stereocenters. The first-order chi connectivity index (χ1) is 4.00. The predicted molar refractivity (Wildman–Crippen MR) is 44.2 cm³/mol. The van der Waals surface area contributed by atoms with Crippen LogP contribution in [0.2, 0.25) is 0 Å². The van der Waals surface area contributed by atoms with Gasteiger partial charge in [0.2, 0.25) is 0 Å². The molecule has 0 spiro atoms. The van der Waals surface area contributed by atoms with Crippen molar-refractivity contribution in [2.75, 3.05) is 6.26 Å². The van der Waals surface area contributed by atoms with Gasteiger partial charge >= 0.3 is 0 Å². The van der Waals surface area contributed by atoms with Gasteiger partial charge in [0.1, 0.15) is 0 Å². The zero-order valence-electron chi connectivity index (χ0n) is 5.67. The number of carboxylic acids is 1. The van der Waals surface area contributed by atoms with Crippen LogP contribution in [0.5, 0.6) is 0 Å². The number of hydrogen-bond acceptors (Lipinski definition) is 3. The fraction of sp³-hybridized carbons (Fsp3) is 0.667. The number of rotatable bonds is 0. The van der Waals surface area contributed by atoms with Crippen LogP contribution in [0.3, 0.4) is 0 Å². The fourth-order valence-corrected chi connectivity index (χ4v) is 0. The van der Waals surface area contributed by atoms with Crippen molar-refractivity contribution < 1.29 is 14.7 Å². The fourth-order valence-electron chi connectivity index (χ4n) is 0. The summed E-state index contributed by atoms with van der Waals surface area (Å²) in [6.07, 6.45) is 1.77. The van der Waals surface area contributed by atoms with Gasteiger partial charge in [-0.1, -0.05) is 19.2 Å². The lowest BCUT2D eigenvalue weighted by atomic mass is 10.9. The Balaban J connectivity index is -0.0000000910. The molecule has 0 bridgehead atoms. The summed E-state index contributed by atoms with van der Waals surface area (Å²) in [7, 11) is 0. The van der Waals surface area contributed by atoms with E-state index in [2.05, 4.69) is 0 Å². The number of carbonyl (C=O) groups is 2. The highest BCUT2D eigenvalue weighted by Crippen LogP contribution is 1.88. The molecule has 3 nitrogen and oxygen atoms in total. The molecule has 1 N–H and O–H groups in total. The second-order valence-corrected chi connectivity index (χ2v) is 2.20. The van der Waals surface area contributed by atoms with E-state index >= 15 is 0 Å². The van der Waals surface area contributed by atoms with Crippen LogP contribution in [0.1, 0.15) is 21.3 Å². The number of hydrogen-bond donors (Lipinski definition) is 1. The first-order valence-corrected chi connectivity index (χ1v) is 3.47. The maximum absolute atomic E-state index is 9.78. The van der Waals surface area contributed by atoms with E-state index in [1.807, 2.05) is 0 Å². The van der Waals surface area contributed by atoms with E-state index < -0.39 is 5.97 Å². The van der Waals surface area contributed by atoms with Crippen molar-refractivity contribution in [1.29, 1.82) is 0 Å². The van der Waals surface area contributed by atoms with Crippen LogP contribution in [0.25, 0.3) is 0 Å². The molecule has 0 rings (SSSR count). The quantitative estimate of drug-likeness (QED) is 0.594. The minimum absolute atomic E-state index is 0. The molecule has 0 aromatic heterocycles. The lowest BCUT2D eigenvalue weighted by Gasteiger charge is -1.71. The topological polar surface area (TPSA) is 54.4 Å². The summed E-state index contributed by atoms with van der Waals surface area (Å²) < 4.78 is 0. The maximum atomic E-state index is 9.78. The first-order valence-electron chi connectivity index (χ1n) is 2.24. The van der Waals surface area contributed by atoms with Crippen molar-refractivity contribution in [1.82, 2.24) is 0 Å². The molecular weight excluding hydrogens is 152 g/mol. The van der Waals surface area contributed by atoms with E-state index in [-0.39, 0.29) is 12.5 Å². The summed E-state index contributed by atoms with van der Waals surface area (Å²) in [5.41, 5.74) is 0. The average molecular weight is 166 g/mol. The molecule has 4 heteroatoms. The molecule has 0 aliphatic carbocycles. The Bertz CT molecular complexity index is 97.2. The van der Waals surface area contributed by atoms with Gasteiger partial charge in [-0.15, -0.1) is 0 Å². The molecule has 0 heterocycles. The van der Waals surface area contributed by atoms with E-state index in [9.17, 15) is 4.79 Å². The Hall–Kier alpha value is -0.510. The summed E-state index contributed by atoms with van der Waals surface area (Å²) in [5, 5.41) is 7.59. The van der Waals surface area contributed by atoms with Crippen molar-refractivity contribution in [3.63, 3.8) is 0 Å². The van der Waals surface area contributed by atoms with Crippen molar-refractivity contribution in [2.24, 2.45) is 0 Å². The molecule has 0 aliphatic rings. The van der Waals surface area contributed by atoms with Gasteiger partial charge in [-0.25, -0.2) is 0 Å². The van der Waals surface area contributed by atoms with E-state index in [1.165, 1.54) is 11.8 Å². The van der Waals surface area contributed by atoms with Crippen LogP contribution >= 0.6 is 11.8 Å². The largest absolute Gasteiger partial charge is 0.481 e. The van der Waals surface area contributed by atoms with Gasteiger partial charge in [-0.3, -0.25) is 9.59 Å². The molecule has 0 amide bonds. The maximum Gasteiger partial charge on any atom is 0.300 e. The van der Waals surface area contributed by atoms with Gasteiger partial charge in [0.25, 0.3) is 5.97 Å². The van der Waals surface area contributed by atoms with Gasteiger partial charge < -0.3 is 5.11 Å². The number of aliphatic carboxylic acids is 1. The van der Waals surface area contributed by atoms with E-state index in [4.69, 9.17) is 9.90 Å². The highest BCUT2D eigenvalue weighted by atomic mass is 32.2. The molecule has 0 aromatic rings. The molecule has 0 atom stereocenters. The Morgan fingerprint density at radius 1 is 1.30 bits per heavy atom. The molecule has 0 saturated heterocycles.